The van der Waals surface area contributed by atoms with Crippen molar-refractivity contribution in [3.63, 3.8) is 0 Å². The molecule has 0 radical (unpaired) electrons. The van der Waals surface area contributed by atoms with Crippen LogP contribution in [0.4, 0.5) is 4.39 Å². The number of hydrogen-bond acceptors (Lipinski definition) is 4. The van der Waals surface area contributed by atoms with Gasteiger partial charge < -0.3 is 14.7 Å². The quantitative estimate of drug-likeness (QED) is 0.479. The van der Waals surface area contributed by atoms with Gasteiger partial charge in [0.15, 0.2) is 0 Å². The third-order valence-electron chi connectivity index (χ3n) is 5.73. The van der Waals surface area contributed by atoms with Gasteiger partial charge in [-0.2, -0.15) is 0 Å². The zero-order valence-corrected chi connectivity index (χ0v) is 16.1. The van der Waals surface area contributed by atoms with Crippen molar-refractivity contribution in [1.82, 2.24) is 4.90 Å². The standard InChI is InChI=1S/C23H22FNO4/c1-29-18-8-4-5-15(13-18)20-19(21(26)14-9-11-16(24)12-10-14)22(27)23(28)25(20)17-6-2-3-7-17/h4-5,8-13,17,20,26H,2-3,6-7H2,1H3/b21-19-. The number of carbonyl (C=O) groups excluding carboxylic acids is 2. The predicted molar refractivity (Wildman–Crippen MR) is 106 cm³/mol. The summed E-state index contributed by atoms with van der Waals surface area (Å²) < 4.78 is 18.6. The van der Waals surface area contributed by atoms with Crippen molar-refractivity contribution >= 4 is 17.4 Å². The van der Waals surface area contributed by atoms with Crippen molar-refractivity contribution in [2.24, 2.45) is 0 Å². The van der Waals surface area contributed by atoms with Gasteiger partial charge in [-0.15, -0.1) is 0 Å². The number of halogens is 1. The Balaban J connectivity index is 1.89. The molecule has 4 rings (SSSR count). The summed E-state index contributed by atoms with van der Waals surface area (Å²) in [5.74, 6) is -1.46. The van der Waals surface area contributed by atoms with Crippen LogP contribution in [0.15, 0.2) is 54.1 Å². The van der Waals surface area contributed by atoms with Crippen LogP contribution in [-0.4, -0.2) is 34.8 Å². The summed E-state index contributed by atoms with van der Waals surface area (Å²) in [6.07, 6.45) is 3.64. The number of rotatable bonds is 4. The summed E-state index contributed by atoms with van der Waals surface area (Å²) in [5, 5.41) is 10.9. The molecule has 2 aromatic rings. The maximum absolute atomic E-state index is 13.3. The average Bonchev–Trinajstić information content (AvgIpc) is 3.35. The summed E-state index contributed by atoms with van der Waals surface area (Å²) >= 11 is 0. The van der Waals surface area contributed by atoms with Gasteiger partial charge in [0.25, 0.3) is 11.7 Å². The molecule has 1 aliphatic carbocycles. The third kappa shape index (κ3) is 3.39. The molecule has 6 heteroatoms. The highest BCUT2D eigenvalue weighted by Crippen LogP contribution is 2.43. The van der Waals surface area contributed by atoms with Crippen LogP contribution >= 0.6 is 0 Å². The van der Waals surface area contributed by atoms with Gasteiger partial charge in [0.1, 0.15) is 17.3 Å². The van der Waals surface area contributed by atoms with E-state index in [0.717, 1.165) is 25.7 Å². The predicted octanol–water partition coefficient (Wildman–Crippen LogP) is 4.20. The first kappa shape index (κ1) is 19.2. The molecule has 1 aliphatic heterocycles. The number of nitrogens with zero attached hydrogens (tertiary/aromatic N) is 1. The normalized spacial score (nSPS) is 21.7. The molecule has 1 N–H and O–H groups in total. The fourth-order valence-corrected chi connectivity index (χ4v) is 4.31. The van der Waals surface area contributed by atoms with E-state index in [9.17, 15) is 19.1 Å². The summed E-state index contributed by atoms with van der Waals surface area (Å²) in [4.78, 5) is 27.6. The fraction of sp³-hybridized carbons (Fsp3) is 0.304. The van der Waals surface area contributed by atoms with Crippen molar-refractivity contribution < 1.29 is 23.8 Å². The highest BCUT2D eigenvalue weighted by atomic mass is 19.1. The zero-order valence-electron chi connectivity index (χ0n) is 16.1. The van der Waals surface area contributed by atoms with Crippen LogP contribution < -0.4 is 4.74 Å². The maximum atomic E-state index is 13.3. The first-order valence-electron chi connectivity index (χ1n) is 9.71. The van der Waals surface area contributed by atoms with Gasteiger partial charge in [0, 0.05) is 11.6 Å². The maximum Gasteiger partial charge on any atom is 0.295 e. The zero-order chi connectivity index (χ0) is 20.5. The number of aliphatic hydroxyl groups excluding tert-OH is 1. The van der Waals surface area contributed by atoms with Crippen molar-refractivity contribution in [3.8, 4) is 5.75 Å². The summed E-state index contributed by atoms with van der Waals surface area (Å²) in [6, 6.07) is 11.6. The van der Waals surface area contributed by atoms with E-state index in [4.69, 9.17) is 4.74 Å². The van der Waals surface area contributed by atoms with Gasteiger partial charge >= 0.3 is 0 Å². The van der Waals surface area contributed by atoms with E-state index in [0.29, 0.717) is 16.9 Å². The minimum atomic E-state index is -0.716. The molecule has 1 amide bonds. The molecular formula is C23H22FNO4. The van der Waals surface area contributed by atoms with Crippen molar-refractivity contribution in [2.75, 3.05) is 7.11 Å². The molecule has 5 nitrogen and oxygen atoms in total. The Bertz CT molecular complexity index is 977. The minimum absolute atomic E-state index is 0.0294. The number of methoxy groups -OCH3 is 1. The largest absolute Gasteiger partial charge is 0.507 e. The van der Waals surface area contributed by atoms with Crippen molar-refractivity contribution in [2.45, 2.75) is 37.8 Å². The van der Waals surface area contributed by atoms with Gasteiger partial charge in [0.05, 0.1) is 18.7 Å². The number of hydrogen-bond donors (Lipinski definition) is 1. The van der Waals surface area contributed by atoms with Crippen molar-refractivity contribution in [3.05, 3.63) is 71.0 Å². The Labute approximate surface area is 168 Å². The van der Waals surface area contributed by atoms with Crippen LogP contribution in [0.2, 0.25) is 0 Å². The van der Waals surface area contributed by atoms with Crippen LogP contribution in [0, 0.1) is 5.82 Å². The molecule has 2 aliphatic rings. The molecule has 150 valence electrons. The lowest BCUT2D eigenvalue weighted by atomic mass is 9.94. The Kier molecular flexibility index (Phi) is 5.09. The third-order valence-corrected chi connectivity index (χ3v) is 5.73. The number of benzene rings is 2. The second-order valence-electron chi connectivity index (χ2n) is 7.43. The van der Waals surface area contributed by atoms with Crippen LogP contribution in [0.25, 0.3) is 5.76 Å². The molecule has 1 heterocycles. The van der Waals surface area contributed by atoms with Gasteiger partial charge in [-0.1, -0.05) is 25.0 Å². The summed E-state index contributed by atoms with van der Waals surface area (Å²) in [5.41, 5.74) is 1.02. The molecule has 0 aromatic heterocycles. The van der Waals surface area contributed by atoms with E-state index < -0.39 is 23.5 Å². The summed E-state index contributed by atoms with van der Waals surface area (Å²) in [6.45, 7) is 0. The first-order valence-corrected chi connectivity index (χ1v) is 9.71. The van der Waals surface area contributed by atoms with Crippen LogP contribution in [-0.2, 0) is 9.59 Å². The Morgan fingerprint density at radius 3 is 2.45 bits per heavy atom. The molecular weight excluding hydrogens is 373 g/mol. The number of carbonyl (C=O) groups is 2. The van der Waals surface area contributed by atoms with E-state index in [1.165, 1.54) is 24.3 Å². The van der Waals surface area contributed by atoms with E-state index >= 15 is 0 Å². The molecule has 2 aromatic carbocycles. The van der Waals surface area contributed by atoms with Crippen LogP contribution in [0.1, 0.15) is 42.9 Å². The minimum Gasteiger partial charge on any atom is -0.507 e. The number of aliphatic hydroxyl groups is 1. The van der Waals surface area contributed by atoms with Gasteiger partial charge in [-0.05, 0) is 54.8 Å². The SMILES string of the molecule is COc1cccc(C2/C(=C(/O)c3ccc(F)cc3)C(=O)C(=O)N2C2CCCC2)c1. The smallest absolute Gasteiger partial charge is 0.295 e. The summed E-state index contributed by atoms with van der Waals surface area (Å²) in [7, 11) is 1.55. The molecule has 1 saturated heterocycles. The van der Waals surface area contributed by atoms with Crippen LogP contribution in [0.5, 0.6) is 5.75 Å². The molecule has 1 atom stereocenters. The number of ether oxygens (including phenoxy) is 1. The average molecular weight is 395 g/mol. The molecule has 0 spiro atoms. The van der Waals surface area contributed by atoms with Crippen LogP contribution in [0.3, 0.4) is 0 Å². The molecule has 29 heavy (non-hydrogen) atoms. The number of amides is 1. The molecule has 1 unspecified atom stereocenters. The molecule has 1 saturated carbocycles. The highest BCUT2D eigenvalue weighted by Gasteiger charge is 2.49. The van der Waals surface area contributed by atoms with Gasteiger partial charge in [-0.25, -0.2) is 4.39 Å². The lowest BCUT2D eigenvalue weighted by molar-refractivity contribution is -0.141. The van der Waals surface area contributed by atoms with Gasteiger partial charge in [-0.3, -0.25) is 9.59 Å². The fourth-order valence-electron chi connectivity index (χ4n) is 4.31. The monoisotopic (exact) mass is 395 g/mol. The number of ketones is 1. The van der Waals surface area contributed by atoms with E-state index in [2.05, 4.69) is 0 Å². The topological polar surface area (TPSA) is 66.8 Å². The first-order chi connectivity index (χ1) is 14.0. The lowest BCUT2D eigenvalue weighted by Crippen LogP contribution is -2.37. The van der Waals surface area contributed by atoms with Gasteiger partial charge in [0.2, 0.25) is 0 Å². The lowest BCUT2D eigenvalue weighted by Gasteiger charge is -2.31. The Morgan fingerprint density at radius 2 is 1.79 bits per heavy atom. The van der Waals surface area contributed by atoms with E-state index in [1.54, 1.807) is 30.2 Å². The van der Waals surface area contributed by atoms with E-state index in [1.807, 2.05) is 6.07 Å². The number of Topliss-reactive ketones (excluding diaryl/α,β-unsaturated/α-hetero) is 1. The second kappa shape index (κ2) is 7.70. The highest BCUT2D eigenvalue weighted by molar-refractivity contribution is 6.46. The Morgan fingerprint density at radius 1 is 1.10 bits per heavy atom. The van der Waals surface area contributed by atoms with E-state index in [-0.39, 0.29) is 17.4 Å². The second-order valence-corrected chi connectivity index (χ2v) is 7.43. The Hall–Kier alpha value is -3.15. The number of likely N-dealkylation sites (tertiary alicyclic amines) is 1. The van der Waals surface area contributed by atoms with Crippen molar-refractivity contribution in [1.29, 1.82) is 0 Å². The molecule has 0 bridgehead atoms. The molecule has 2 fully saturated rings.